The molecule has 2 atom stereocenters. The molecule has 0 spiro atoms. The van der Waals surface area contributed by atoms with E-state index < -0.39 is 0 Å². The summed E-state index contributed by atoms with van der Waals surface area (Å²) in [6.45, 7) is 6.99. The van der Waals surface area contributed by atoms with Crippen LogP contribution in [0.2, 0.25) is 0 Å². The van der Waals surface area contributed by atoms with Gasteiger partial charge in [0.15, 0.2) is 0 Å². The summed E-state index contributed by atoms with van der Waals surface area (Å²) in [4.78, 5) is 0. The van der Waals surface area contributed by atoms with Crippen molar-refractivity contribution in [3.05, 3.63) is 47.5 Å². The van der Waals surface area contributed by atoms with Gasteiger partial charge in [-0.05, 0) is 61.5 Å². The molecule has 2 rings (SSSR count). The van der Waals surface area contributed by atoms with E-state index >= 15 is 0 Å². The van der Waals surface area contributed by atoms with Gasteiger partial charge in [0.05, 0.1) is 0 Å². The number of allylic oxidation sites excluding steroid dienone is 2. The van der Waals surface area contributed by atoms with Crippen molar-refractivity contribution in [2.75, 3.05) is 0 Å². The van der Waals surface area contributed by atoms with Crippen molar-refractivity contribution < 1.29 is 0 Å². The summed E-state index contributed by atoms with van der Waals surface area (Å²) in [5.74, 6) is 0.817. The highest BCUT2D eigenvalue weighted by molar-refractivity contribution is 5.28. The highest BCUT2D eigenvalue weighted by Crippen LogP contribution is 2.36. The molecule has 0 amide bonds. The minimum Gasteiger partial charge on any atom is -0.0911 e. The zero-order valence-electron chi connectivity index (χ0n) is 12.1. The molecule has 0 nitrogen and oxygen atoms in total. The molecule has 1 aliphatic rings. The fourth-order valence-electron chi connectivity index (χ4n) is 3.42. The lowest BCUT2D eigenvalue weighted by atomic mass is 9.77. The van der Waals surface area contributed by atoms with Gasteiger partial charge in [0.1, 0.15) is 0 Å². The van der Waals surface area contributed by atoms with Gasteiger partial charge in [0.25, 0.3) is 0 Å². The van der Waals surface area contributed by atoms with Gasteiger partial charge in [-0.25, -0.2) is 0 Å². The van der Waals surface area contributed by atoms with Crippen LogP contribution in [0.4, 0.5) is 0 Å². The maximum Gasteiger partial charge on any atom is -0.0141 e. The van der Waals surface area contributed by atoms with Gasteiger partial charge in [-0.1, -0.05) is 50.3 Å². The molecule has 0 saturated carbocycles. The zero-order chi connectivity index (χ0) is 13.0. The Labute approximate surface area is 112 Å². The lowest BCUT2D eigenvalue weighted by Crippen LogP contribution is -2.17. The van der Waals surface area contributed by atoms with Crippen LogP contribution in [0.5, 0.6) is 0 Å². The van der Waals surface area contributed by atoms with Crippen LogP contribution in [0.3, 0.4) is 0 Å². The molecule has 0 bridgehead atoms. The summed E-state index contributed by atoms with van der Waals surface area (Å²) >= 11 is 0. The summed E-state index contributed by atoms with van der Waals surface area (Å²) in [5, 5.41) is 0. The summed E-state index contributed by atoms with van der Waals surface area (Å²) in [6.07, 6.45) is 11.1. The van der Waals surface area contributed by atoms with Crippen LogP contribution in [-0.4, -0.2) is 0 Å². The van der Waals surface area contributed by atoms with E-state index in [1.807, 2.05) is 0 Å². The number of hydrogen-bond donors (Lipinski definition) is 0. The highest BCUT2D eigenvalue weighted by Gasteiger charge is 2.25. The van der Waals surface area contributed by atoms with Crippen LogP contribution < -0.4 is 0 Å². The molecule has 0 N–H and O–H groups in total. The SMILES string of the molecule is CC=CC1(C)CCc2ccccc2CCC(C)C1. The monoisotopic (exact) mass is 242 g/mol. The average molecular weight is 242 g/mol. The number of fused-ring (bicyclic) bond motifs is 1. The van der Waals surface area contributed by atoms with Crippen LogP contribution in [0.25, 0.3) is 0 Å². The third kappa shape index (κ3) is 3.25. The first-order chi connectivity index (χ1) is 8.63. The Balaban J connectivity index is 2.25. The minimum absolute atomic E-state index is 0.381. The topological polar surface area (TPSA) is 0 Å². The molecule has 1 aromatic carbocycles. The molecule has 0 fully saturated rings. The van der Waals surface area contributed by atoms with Gasteiger partial charge in [-0.3, -0.25) is 0 Å². The first-order valence-corrected chi connectivity index (χ1v) is 7.33. The standard InChI is InChI=1S/C18H26/c1-4-12-18(3)13-11-17-8-6-5-7-16(17)10-9-15(2)14-18/h4-8,12,15H,9-11,13-14H2,1-3H3. The summed E-state index contributed by atoms with van der Waals surface area (Å²) in [6, 6.07) is 9.02. The Morgan fingerprint density at radius 3 is 2.50 bits per heavy atom. The van der Waals surface area contributed by atoms with E-state index in [2.05, 4.69) is 57.2 Å². The van der Waals surface area contributed by atoms with E-state index in [9.17, 15) is 0 Å². The van der Waals surface area contributed by atoms with Crippen molar-refractivity contribution >= 4 is 0 Å². The predicted octanol–water partition coefficient (Wildman–Crippen LogP) is 5.17. The Hall–Kier alpha value is -1.04. The molecule has 1 aromatic rings. The first kappa shape index (κ1) is 13.4. The second-order valence-electron chi connectivity index (χ2n) is 6.27. The molecule has 0 aliphatic heterocycles. The predicted molar refractivity (Wildman–Crippen MR) is 79.8 cm³/mol. The summed E-state index contributed by atoms with van der Waals surface area (Å²) in [7, 11) is 0. The van der Waals surface area contributed by atoms with Gasteiger partial charge in [-0.2, -0.15) is 0 Å². The van der Waals surface area contributed by atoms with Crippen molar-refractivity contribution in [1.29, 1.82) is 0 Å². The summed E-state index contributed by atoms with van der Waals surface area (Å²) in [5.41, 5.74) is 3.53. The van der Waals surface area contributed by atoms with Crippen molar-refractivity contribution in [3.8, 4) is 0 Å². The van der Waals surface area contributed by atoms with Crippen LogP contribution in [-0.2, 0) is 12.8 Å². The lowest BCUT2D eigenvalue weighted by molar-refractivity contribution is 0.293. The normalized spacial score (nSPS) is 29.4. The Kier molecular flexibility index (Phi) is 4.27. The van der Waals surface area contributed by atoms with Crippen molar-refractivity contribution in [2.24, 2.45) is 11.3 Å². The smallest absolute Gasteiger partial charge is 0.0141 e. The Morgan fingerprint density at radius 1 is 1.17 bits per heavy atom. The summed E-state index contributed by atoms with van der Waals surface area (Å²) < 4.78 is 0. The largest absolute Gasteiger partial charge is 0.0911 e. The van der Waals surface area contributed by atoms with E-state index in [1.165, 1.54) is 32.1 Å². The fraction of sp³-hybridized carbons (Fsp3) is 0.556. The zero-order valence-corrected chi connectivity index (χ0v) is 12.1. The van der Waals surface area contributed by atoms with Crippen molar-refractivity contribution in [3.63, 3.8) is 0 Å². The number of benzene rings is 1. The molecule has 98 valence electrons. The van der Waals surface area contributed by atoms with E-state index in [1.54, 1.807) is 11.1 Å². The maximum atomic E-state index is 2.43. The van der Waals surface area contributed by atoms with E-state index in [4.69, 9.17) is 0 Å². The van der Waals surface area contributed by atoms with E-state index in [0.29, 0.717) is 5.41 Å². The van der Waals surface area contributed by atoms with Crippen LogP contribution in [0.15, 0.2) is 36.4 Å². The molecule has 0 heterocycles. The van der Waals surface area contributed by atoms with Gasteiger partial charge in [0.2, 0.25) is 0 Å². The van der Waals surface area contributed by atoms with Crippen molar-refractivity contribution in [1.82, 2.24) is 0 Å². The molecule has 18 heavy (non-hydrogen) atoms. The molecular formula is C18H26. The highest BCUT2D eigenvalue weighted by atomic mass is 14.3. The molecular weight excluding hydrogens is 216 g/mol. The quantitative estimate of drug-likeness (QED) is 0.596. The Bertz CT molecular complexity index is 416. The molecule has 0 aromatic heterocycles. The molecule has 0 saturated heterocycles. The Morgan fingerprint density at radius 2 is 1.83 bits per heavy atom. The van der Waals surface area contributed by atoms with E-state index in [0.717, 1.165) is 5.92 Å². The first-order valence-electron chi connectivity index (χ1n) is 7.33. The fourth-order valence-corrected chi connectivity index (χ4v) is 3.42. The molecule has 2 unspecified atom stereocenters. The molecule has 1 aliphatic carbocycles. The van der Waals surface area contributed by atoms with Gasteiger partial charge < -0.3 is 0 Å². The number of rotatable bonds is 1. The average Bonchev–Trinajstić information content (AvgIpc) is 2.40. The maximum absolute atomic E-state index is 2.43. The van der Waals surface area contributed by atoms with Crippen molar-refractivity contribution in [2.45, 2.75) is 52.9 Å². The van der Waals surface area contributed by atoms with Crippen LogP contribution >= 0.6 is 0 Å². The van der Waals surface area contributed by atoms with E-state index in [-0.39, 0.29) is 0 Å². The third-order valence-corrected chi connectivity index (χ3v) is 4.37. The molecule has 0 radical (unpaired) electrons. The number of aryl methyl sites for hydroxylation is 2. The lowest BCUT2D eigenvalue weighted by Gasteiger charge is -2.28. The van der Waals surface area contributed by atoms with Crippen LogP contribution in [0.1, 0.15) is 51.2 Å². The minimum atomic E-state index is 0.381. The second kappa shape index (κ2) is 5.73. The van der Waals surface area contributed by atoms with Gasteiger partial charge in [0, 0.05) is 0 Å². The number of hydrogen-bond acceptors (Lipinski definition) is 0. The third-order valence-electron chi connectivity index (χ3n) is 4.37. The van der Waals surface area contributed by atoms with Crippen LogP contribution in [0, 0.1) is 11.3 Å². The molecule has 0 heteroatoms. The second-order valence-corrected chi connectivity index (χ2v) is 6.27. The van der Waals surface area contributed by atoms with Gasteiger partial charge >= 0.3 is 0 Å². The van der Waals surface area contributed by atoms with Gasteiger partial charge in [-0.15, -0.1) is 0 Å².